The van der Waals surface area contributed by atoms with Gasteiger partial charge in [0.05, 0.1) is 7.11 Å². The highest BCUT2D eigenvalue weighted by atomic mass is 16.5. The van der Waals surface area contributed by atoms with Gasteiger partial charge in [-0.1, -0.05) is 32.9 Å². The van der Waals surface area contributed by atoms with E-state index < -0.39 is 6.04 Å². The molecule has 0 radical (unpaired) electrons. The number of ether oxygens (including phenoxy) is 1. The molecule has 1 N–H and O–H groups in total. The van der Waals surface area contributed by atoms with Crippen molar-refractivity contribution in [2.45, 2.75) is 45.6 Å². The Morgan fingerprint density at radius 1 is 1.07 bits per heavy atom. The molecule has 41 heavy (non-hydrogen) atoms. The molecule has 4 fully saturated rings. The highest BCUT2D eigenvalue weighted by Crippen LogP contribution is 2.63. The molecule has 5 atom stereocenters. The summed E-state index contributed by atoms with van der Waals surface area (Å²) in [6, 6.07) is 14.4. The lowest BCUT2D eigenvalue weighted by molar-refractivity contribution is -0.140. The quantitative estimate of drug-likeness (QED) is 0.296. The minimum absolute atomic E-state index is 0.0148. The van der Waals surface area contributed by atoms with Gasteiger partial charge >= 0.3 is 0 Å². The number of methoxy groups -OCH3 is 1. The van der Waals surface area contributed by atoms with Gasteiger partial charge in [0, 0.05) is 48.9 Å². The average molecular weight is 551 g/mol. The number of nitrogens with zero attached hydrogens (tertiary/aromatic N) is 3. The number of allylic oxidation sites excluding steroid dienone is 1. The van der Waals surface area contributed by atoms with Crippen molar-refractivity contribution in [1.82, 2.24) is 20.2 Å². The predicted octanol–water partition coefficient (Wildman–Crippen LogP) is 5.46. The van der Waals surface area contributed by atoms with Crippen molar-refractivity contribution in [1.29, 1.82) is 0 Å². The number of fused-ring (bicyclic) bond motifs is 2. The molecule has 2 bridgehead atoms. The second-order valence-electron chi connectivity index (χ2n) is 12.5. The van der Waals surface area contributed by atoms with Gasteiger partial charge in [-0.2, -0.15) is 0 Å². The van der Waals surface area contributed by atoms with Gasteiger partial charge in [0.2, 0.25) is 0 Å². The van der Waals surface area contributed by atoms with Crippen molar-refractivity contribution in [3.63, 3.8) is 0 Å². The zero-order valence-electron chi connectivity index (χ0n) is 24.2. The molecule has 7 heteroatoms. The molecule has 1 saturated heterocycles. The SMILES string of the molecule is COc1cccc(C(=O)/C=C2\NC(C(c3ccncc3)c3ccncc3)C(=O)N2CC2CC3CC(C2C)C3(C)C)c1. The lowest BCUT2D eigenvalue weighted by Gasteiger charge is -2.62. The Hall–Kier alpha value is -4.00. The van der Waals surface area contributed by atoms with Crippen LogP contribution in [-0.2, 0) is 4.79 Å². The van der Waals surface area contributed by atoms with Crippen LogP contribution in [0.4, 0.5) is 0 Å². The van der Waals surface area contributed by atoms with Crippen molar-refractivity contribution in [2.75, 3.05) is 13.7 Å². The summed E-state index contributed by atoms with van der Waals surface area (Å²) >= 11 is 0. The van der Waals surface area contributed by atoms with E-state index in [-0.39, 0.29) is 17.6 Å². The van der Waals surface area contributed by atoms with E-state index in [0.717, 1.165) is 17.5 Å². The Kier molecular flexibility index (Phi) is 7.14. The van der Waals surface area contributed by atoms with Crippen LogP contribution in [0, 0.1) is 29.1 Å². The van der Waals surface area contributed by atoms with Crippen LogP contribution in [0.2, 0.25) is 0 Å². The number of carbonyl (C=O) groups excluding carboxylic acids is 2. The van der Waals surface area contributed by atoms with Crippen molar-refractivity contribution in [2.24, 2.45) is 29.1 Å². The summed E-state index contributed by atoms with van der Waals surface area (Å²) in [5, 5.41) is 3.50. The number of aromatic nitrogens is 2. The first kappa shape index (κ1) is 27.2. The summed E-state index contributed by atoms with van der Waals surface area (Å²) < 4.78 is 5.34. The monoisotopic (exact) mass is 550 g/mol. The minimum atomic E-state index is -0.575. The normalized spacial score (nSPS) is 27.4. The van der Waals surface area contributed by atoms with E-state index in [2.05, 4.69) is 36.1 Å². The van der Waals surface area contributed by atoms with E-state index in [1.807, 2.05) is 35.2 Å². The minimum Gasteiger partial charge on any atom is -0.497 e. The van der Waals surface area contributed by atoms with E-state index in [0.29, 0.717) is 52.8 Å². The summed E-state index contributed by atoms with van der Waals surface area (Å²) in [4.78, 5) is 38.1. The standard InChI is InChI=1S/C34H38N4O3/c1-21-25(16-26-18-28(21)34(26,2)3)20-38-30(19-29(39)24-6-5-7-27(17-24)41-4)37-32(33(38)40)31(22-8-12-35-13-9-22)23-10-14-36-15-11-23/h5-15,17,19,21,25-26,28,31-32,37H,16,18,20H2,1-4H3/b30-19+. The van der Waals surface area contributed by atoms with Gasteiger partial charge in [0.25, 0.3) is 5.91 Å². The van der Waals surface area contributed by atoms with Crippen LogP contribution >= 0.6 is 0 Å². The Morgan fingerprint density at radius 2 is 1.73 bits per heavy atom. The Morgan fingerprint density at radius 3 is 2.32 bits per heavy atom. The van der Waals surface area contributed by atoms with Gasteiger partial charge in [-0.3, -0.25) is 24.5 Å². The molecule has 212 valence electrons. The lowest BCUT2D eigenvalue weighted by Crippen LogP contribution is -2.56. The molecular weight excluding hydrogens is 512 g/mol. The van der Waals surface area contributed by atoms with Gasteiger partial charge in [0.15, 0.2) is 5.78 Å². The van der Waals surface area contributed by atoms with Crippen molar-refractivity contribution >= 4 is 11.7 Å². The first-order chi connectivity index (χ1) is 19.8. The fourth-order valence-corrected chi connectivity index (χ4v) is 7.55. The highest BCUT2D eigenvalue weighted by Gasteiger charge is 2.57. The fourth-order valence-electron chi connectivity index (χ4n) is 7.55. The zero-order valence-corrected chi connectivity index (χ0v) is 24.2. The van der Waals surface area contributed by atoms with Crippen LogP contribution in [0.3, 0.4) is 0 Å². The molecule has 5 unspecified atom stereocenters. The molecule has 1 aromatic carbocycles. The summed E-state index contributed by atoms with van der Waals surface area (Å²) in [7, 11) is 1.58. The average Bonchev–Trinajstić information content (AvgIpc) is 3.28. The number of benzene rings is 1. The molecular formula is C34H38N4O3. The molecule has 3 aromatic rings. The first-order valence-electron chi connectivity index (χ1n) is 14.6. The van der Waals surface area contributed by atoms with E-state index >= 15 is 0 Å². The smallest absolute Gasteiger partial charge is 0.251 e. The molecule has 2 aromatic heterocycles. The highest BCUT2D eigenvalue weighted by molar-refractivity contribution is 6.06. The van der Waals surface area contributed by atoms with Gasteiger partial charge in [-0.25, -0.2) is 0 Å². The van der Waals surface area contributed by atoms with E-state index in [4.69, 9.17) is 4.74 Å². The second-order valence-corrected chi connectivity index (χ2v) is 12.5. The van der Waals surface area contributed by atoms with Crippen molar-refractivity contribution in [3.05, 3.63) is 102 Å². The van der Waals surface area contributed by atoms with E-state index in [1.54, 1.807) is 56.2 Å². The van der Waals surface area contributed by atoms with Gasteiger partial charge < -0.3 is 10.1 Å². The molecule has 4 aliphatic rings. The lowest BCUT2D eigenvalue weighted by atomic mass is 9.43. The van der Waals surface area contributed by atoms with Gasteiger partial charge in [-0.15, -0.1) is 0 Å². The number of pyridine rings is 2. The second kappa shape index (κ2) is 10.8. The molecule has 7 nitrogen and oxygen atoms in total. The Labute approximate surface area is 242 Å². The number of amides is 1. The van der Waals surface area contributed by atoms with Gasteiger partial charge in [-0.05, 0) is 89.5 Å². The van der Waals surface area contributed by atoms with Crippen LogP contribution in [0.5, 0.6) is 5.75 Å². The van der Waals surface area contributed by atoms with E-state index in [1.165, 1.54) is 6.42 Å². The Bertz CT molecular complexity index is 1420. The summed E-state index contributed by atoms with van der Waals surface area (Å²) in [5.41, 5.74) is 2.83. The summed E-state index contributed by atoms with van der Waals surface area (Å²) in [6.07, 6.45) is 11.0. The topological polar surface area (TPSA) is 84.4 Å². The predicted molar refractivity (Wildman–Crippen MR) is 157 cm³/mol. The van der Waals surface area contributed by atoms with Crippen LogP contribution in [-0.4, -0.2) is 46.3 Å². The van der Waals surface area contributed by atoms with Crippen LogP contribution in [0.1, 0.15) is 61.0 Å². The number of nitrogens with one attached hydrogen (secondary N) is 1. The maximum atomic E-state index is 14.4. The fraction of sp³-hybridized carbons (Fsp3) is 0.412. The summed E-state index contributed by atoms with van der Waals surface area (Å²) in [5.74, 6) is 2.96. The van der Waals surface area contributed by atoms with Crippen molar-refractivity contribution in [3.8, 4) is 5.75 Å². The van der Waals surface area contributed by atoms with Crippen LogP contribution in [0.25, 0.3) is 0 Å². The third-order valence-electron chi connectivity index (χ3n) is 10.1. The molecule has 1 amide bonds. The maximum absolute atomic E-state index is 14.4. The molecule has 7 rings (SSSR count). The molecule has 0 spiro atoms. The number of hydrogen-bond donors (Lipinski definition) is 1. The third kappa shape index (κ3) is 4.92. The molecule has 3 saturated carbocycles. The summed E-state index contributed by atoms with van der Waals surface area (Å²) in [6.45, 7) is 7.73. The first-order valence-corrected chi connectivity index (χ1v) is 14.6. The van der Waals surface area contributed by atoms with Gasteiger partial charge in [0.1, 0.15) is 17.6 Å². The number of hydrogen-bond acceptors (Lipinski definition) is 6. The number of carbonyl (C=O) groups is 2. The largest absolute Gasteiger partial charge is 0.497 e. The van der Waals surface area contributed by atoms with Crippen LogP contribution in [0.15, 0.2) is 85.2 Å². The molecule has 3 aliphatic carbocycles. The Balaban J connectivity index is 1.36. The molecule has 1 aliphatic heterocycles. The third-order valence-corrected chi connectivity index (χ3v) is 10.1. The van der Waals surface area contributed by atoms with Crippen LogP contribution < -0.4 is 10.1 Å². The molecule has 3 heterocycles. The number of ketones is 1. The van der Waals surface area contributed by atoms with Crippen molar-refractivity contribution < 1.29 is 14.3 Å². The number of rotatable bonds is 8. The maximum Gasteiger partial charge on any atom is 0.251 e. The van der Waals surface area contributed by atoms with E-state index in [9.17, 15) is 9.59 Å². The zero-order chi connectivity index (χ0) is 28.7.